The number of rotatable bonds is 3. The fraction of sp³-hybridized carbons (Fsp3) is 0.235. The zero-order valence-electron chi connectivity index (χ0n) is 12.2. The Morgan fingerprint density at radius 1 is 1.00 bits per heavy atom. The first-order valence-electron chi connectivity index (χ1n) is 6.44. The van der Waals surface area contributed by atoms with Gasteiger partial charge in [-0.2, -0.15) is 0 Å². The molecule has 3 nitrogen and oxygen atoms in total. The van der Waals surface area contributed by atoms with Gasteiger partial charge in [-0.1, -0.05) is 18.2 Å². The molecule has 0 fully saturated rings. The van der Waals surface area contributed by atoms with Crippen LogP contribution in [0.2, 0.25) is 0 Å². The van der Waals surface area contributed by atoms with E-state index >= 15 is 0 Å². The van der Waals surface area contributed by atoms with Crippen LogP contribution in [0.1, 0.15) is 27.0 Å². The van der Waals surface area contributed by atoms with Gasteiger partial charge in [0.25, 0.3) is 0 Å². The van der Waals surface area contributed by atoms with Crippen LogP contribution in [0.3, 0.4) is 0 Å². The first-order valence-corrected chi connectivity index (χ1v) is 6.44. The highest BCUT2D eigenvalue weighted by Crippen LogP contribution is 2.36. The molecule has 0 aliphatic heterocycles. The average Bonchev–Trinajstić information content (AvgIpc) is 2.42. The number of methoxy groups -OCH3 is 1. The van der Waals surface area contributed by atoms with E-state index in [0.29, 0.717) is 0 Å². The third kappa shape index (κ3) is 2.39. The minimum absolute atomic E-state index is 0.283. The van der Waals surface area contributed by atoms with Gasteiger partial charge in [-0.05, 0) is 55.2 Å². The molecule has 0 saturated carbocycles. The number of ether oxygens (including phenoxy) is 1. The van der Waals surface area contributed by atoms with Crippen LogP contribution in [0.5, 0.6) is 5.75 Å². The summed E-state index contributed by atoms with van der Waals surface area (Å²) >= 11 is 0. The number of carboxylic acid groups (broad SMARTS) is 1. The van der Waals surface area contributed by atoms with Crippen molar-refractivity contribution in [1.29, 1.82) is 0 Å². The number of carbonyl (C=O) groups is 1. The van der Waals surface area contributed by atoms with Gasteiger partial charge >= 0.3 is 5.97 Å². The zero-order chi connectivity index (χ0) is 14.9. The van der Waals surface area contributed by atoms with Crippen molar-refractivity contribution in [3.8, 4) is 16.9 Å². The maximum Gasteiger partial charge on any atom is 0.335 e. The van der Waals surface area contributed by atoms with Gasteiger partial charge in [0.2, 0.25) is 0 Å². The molecular formula is C17H18O3. The number of hydrogen-bond donors (Lipinski definition) is 1. The van der Waals surface area contributed by atoms with Crippen molar-refractivity contribution in [3.63, 3.8) is 0 Å². The highest BCUT2D eigenvalue weighted by molar-refractivity contribution is 5.90. The third-order valence-corrected chi connectivity index (χ3v) is 3.66. The minimum Gasteiger partial charge on any atom is -0.496 e. The summed E-state index contributed by atoms with van der Waals surface area (Å²) in [7, 11) is 1.64. The van der Waals surface area contributed by atoms with E-state index in [1.807, 2.05) is 39.0 Å². The van der Waals surface area contributed by atoms with Crippen LogP contribution in [-0.2, 0) is 0 Å². The quantitative estimate of drug-likeness (QED) is 0.917. The van der Waals surface area contributed by atoms with Gasteiger partial charge in [-0.3, -0.25) is 0 Å². The first-order chi connectivity index (χ1) is 9.45. The standard InChI is InChI=1S/C17H18O3/c1-10-6-8-14(16(20-4)12(10)3)15-9-13(17(18)19)7-5-11(15)2/h5-9H,1-4H3,(H,18,19). The largest absolute Gasteiger partial charge is 0.496 e. The predicted octanol–water partition coefficient (Wildman–Crippen LogP) is 3.99. The molecule has 0 aliphatic rings. The van der Waals surface area contributed by atoms with E-state index in [4.69, 9.17) is 9.84 Å². The summed E-state index contributed by atoms with van der Waals surface area (Å²) in [6, 6.07) is 9.15. The summed E-state index contributed by atoms with van der Waals surface area (Å²) in [5.41, 5.74) is 5.35. The molecule has 0 aliphatic carbocycles. The Labute approximate surface area is 118 Å². The molecule has 0 heterocycles. The van der Waals surface area contributed by atoms with Gasteiger partial charge in [-0.25, -0.2) is 4.79 Å². The van der Waals surface area contributed by atoms with Crippen molar-refractivity contribution in [2.75, 3.05) is 7.11 Å². The molecule has 2 aromatic carbocycles. The summed E-state index contributed by atoms with van der Waals surface area (Å²) in [5, 5.41) is 9.14. The van der Waals surface area contributed by atoms with Gasteiger partial charge in [-0.15, -0.1) is 0 Å². The summed E-state index contributed by atoms with van der Waals surface area (Å²) in [6.45, 7) is 6.01. The minimum atomic E-state index is -0.922. The molecule has 3 heteroatoms. The molecular weight excluding hydrogens is 252 g/mol. The molecule has 2 rings (SSSR count). The molecule has 0 radical (unpaired) electrons. The van der Waals surface area contributed by atoms with Crippen molar-refractivity contribution in [2.24, 2.45) is 0 Å². The number of hydrogen-bond acceptors (Lipinski definition) is 2. The molecule has 2 aromatic rings. The Bertz CT molecular complexity index is 672. The maximum atomic E-state index is 11.1. The number of aromatic carboxylic acids is 1. The molecule has 0 spiro atoms. The first kappa shape index (κ1) is 14.1. The summed E-state index contributed by atoms with van der Waals surface area (Å²) < 4.78 is 5.52. The Morgan fingerprint density at radius 2 is 1.65 bits per heavy atom. The molecule has 0 unspecified atom stereocenters. The van der Waals surface area contributed by atoms with Crippen LogP contribution < -0.4 is 4.74 Å². The number of aryl methyl sites for hydroxylation is 2. The second kappa shape index (κ2) is 5.37. The maximum absolute atomic E-state index is 11.1. The van der Waals surface area contributed by atoms with Gasteiger partial charge in [0.1, 0.15) is 5.75 Å². The van der Waals surface area contributed by atoms with Crippen LogP contribution in [0.15, 0.2) is 30.3 Å². The Morgan fingerprint density at radius 3 is 2.25 bits per heavy atom. The number of carboxylic acids is 1. The summed E-state index contributed by atoms with van der Waals surface area (Å²) in [6.07, 6.45) is 0. The Hall–Kier alpha value is -2.29. The van der Waals surface area contributed by atoms with Crippen LogP contribution in [0, 0.1) is 20.8 Å². The highest BCUT2D eigenvalue weighted by Gasteiger charge is 2.14. The van der Waals surface area contributed by atoms with Crippen LogP contribution >= 0.6 is 0 Å². The molecule has 0 aromatic heterocycles. The SMILES string of the molecule is COc1c(-c2cc(C(=O)O)ccc2C)ccc(C)c1C. The lowest BCUT2D eigenvalue weighted by Crippen LogP contribution is -1.99. The van der Waals surface area contributed by atoms with Crippen molar-refractivity contribution in [3.05, 3.63) is 52.6 Å². The molecule has 20 heavy (non-hydrogen) atoms. The van der Waals surface area contributed by atoms with Gasteiger partial charge < -0.3 is 9.84 Å². The Kier molecular flexibility index (Phi) is 3.79. The summed E-state index contributed by atoms with van der Waals surface area (Å²) in [5.74, 6) is -0.121. The molecule has 0 saturated heterocycles. The fourth-order valence-electron chi connectivity index (χ4n) is 2.31. The monoisotopic (exact) mass is 270 g/mol. The van der Waals surface area contributed by atoms with Gasteiger partial charge in [0.15, 0.2) is 0 Å². The highest BCUT2D eigenvalue weighted by atomic mass is 16.5. The van der Waals surface area contributed by atoms with E-state index in [2.05, 4.69) is 0 Å². The molecule has 0 atom stereocenters. The third-order valence-electron chi connectivity index (χ3n) is 3.66. The molecule has 1 N–H and O–H groups in total. The van der Waals surface area contributed by atoms with Gasteiger partial charge in [0, 0.05) is 5.56 Å². The lowest BCUT2D eigenvalue weighted by molar-refractivity contribution is 0.0697. The Balaban J connectivity index is 2.71. The summed E-state index contributed by atoms with van der Waals surface area (Å²) in [4.78, 5) is 11.1. The predicted molar refractivity (Wildman–Crippen MR) is 79.6 cm³/mol. The second-order valence-corrected chi connectivity index (χ2v) is 4.92. The van der Waals surface area contributed by atoms with E-state index in [1.165, 1.54) is 0 Å². The van der Waals surface area contributed by atoms with Crippen molar-refractivity contribution in [1.82, 2.24) is 0 Å². The average molecular weight is 270 g/mol. The smallest absolute Gasteiger partial charge is 0.335 e. The van der Waals surface area contributed by atoms with Crippen LogP contribution in [0.25, 0.3) is 11.1 Å². The van der Waals surface area contributed by atoms with Crippen LogP contribution in [-0.4, -0.2) is 18.2 Å². The van der Waals surface area contributed by atoms with Crippen molar-refractivity contribution < 1.29 is 14.6 Å². The fourth-order valence-corrected chi connectivity index (χ4v) is 2.31. The normalized spacial score (nSPS) is 10.4. The lowest BCUT2D eigenvalue weighted by Gasteiger charge is -2.15. The molecule has 104 valence electrons. The lowest BCUT2D eigenvalue weighted by atomic mass is 9.94. The van der Waals surface area contributed by atoms with Gasteiger partial charge in [0.05, 0.1) is 12.7 Å². The molecule has 0 amide bonds. The second-order valence-electron chi connectivity index (χ2n) is 4.92. The van der Waals surface area contributed by atoms with E-state index in [1.54, 1.807) is 19.2 Å². The van der Waals surface area contributed by atoms with E-state index in [9.17, 15) is 4.79 Å². The number of benzene rings is 2. The van der Waals surface area contributed by atoms with E-state index in [0.717, 1.165) is 33.6 Å². The zero-order valence-corrected chi connectivity index (χ0v) is 12.2. The van der Waals surface area contributed by atoms with E-state index < -0.39 is 5.97 Å². The molecule has 0 bridgehead atoms. The van der Waals surface area contributed by atoms with Crippen molar-refractivity contribution >= 4 is 5.97 Å². The topological polar surface area (TPSA) is 46.5 Å². The van der Waals surface area contributed by atoms with E-state index in [-0.39, 0.29) is 5.56 Å². The van der Waals surface area contributed by atoms with Crippen molar-refractivity contribution in [2.45, 2.75) is 20.8 Å². The van der Waals surface area contributed by atoms with Crippen LogP contribution in [0.4, 0.5) is 0 Å².